The molecule has 0 saturated heterocycles. The second-order valence-electron chi connectivity index (χ2n) is 15.9. The molecule has 0 amide bonds. The van der Waals surface area contributed by atoms with Crippen LogP contribution in [0.5, 0.6) is 0 Å². The van der Waals surface area contributed by atoms with Gasteiger partial charge in [0, 0.05) is 11.1 Å². The van der Waals surface area contributed by atoms with Crippen molar-refractivity contribution >= 4 is 57.2 Å². The quantitative estimate of drug-likeness (QED) is 0.178. The minimum Gasteiger partial charge on any atom is -0.310 e. The third-order valence-corrected chi connectivity index (χ3v) is 12.8. The Bertz CT molecular complexity index is 3490. The number of fused-ring (bicyclic) bond motifs is 14. The van der Waals surface area contributed by atoms with Crippen LogP contribution in [-0.4, -0.2) is 9.38 Å². The minimum absolute atomic E-state index is 0.476. The Balaban J connectivity index is 1.02. The highest BCUT2D eigenvalue weighted by Crippen LogP contribution is 2.63. The number of allylic oxidation sites excluding steroid dienone is 2. The fraction of sp³-hybridized carbons (Fsp3) is 0.0351. The van der Waals surface area contributed by atoms with Gasteiger partial charge in [0.25, 0.3) is 0 Å². The number of rotatable bonds is 4. The Morgan fingerprint density at radius 3 is 1.90 bits per heavy atom. The fourth-order valence-corrected chi connectivity index (χ4v) is 10.3. The molecule has 0 atom stereocenters. The normalized spacial score (nSPS) is 13.9. The van der Waals surface area contributed by atoms with Crippen molar-refractivity contribution in [2.45, 2.75) is 12.3 Å². The van der Waals surface area contributed by atoms with E-state index in [2.05, 4.69) is 222 Å². The molecule has 60 heavy (non-hydrogen) atoms. The van der Waals surface area contributed by atoms with Crippen LogP contribution in [0.1, 0.15) is 29.2 Å². The molecule has 10 aromatic rings. The number of hydrogen-bond donors (Lipinski definition) is 0. The Morgan fingerprint density at radius 2 is 1.13 bits per heavy atom. The van der Waals surface area contributed by atoms with Crippen LogP contribution in [0, 0.1) is 0 Å². The summed E-state index contributed by atoms with van der Waals surface area (Å²) >= 11 is 0. The average molecular weight is 766 g/mol. The lowest BCUT2D eigenvalue weighted by Crippen LogP contribution is -2.36. The van der Waals surface area contributed by atoms with E-state index in [0.717, 1.165) is 54.8 Å². The number of hydrogen-bond acceptors (Lipinski definition) is 2. The standard InChI is InChI=1S/C57H39N3/c1-3-4-26-52-37(2)43-32-30-40(36-46(43)56-58-51-25-12-15-29-55(51)60(52)56)38-17-16-18-39(34-38)41-31-33-48-45(35-41)44-21-8-9-22-47(44)57(48)49-23-10-13-27-53(49)59(42-19-6-5-7-20-42)54-28-14-11-24-50(54)57/h3-36H,2H2,1H3/b4-3-,52-26+. The van der Waals surface area contributed by atoms with Gasteiger partial charge in [-0.1, -0.05) is 152 Å². The highest BCUT2D eigenvalue weighted by Gasteiger charge is 2.51. The largest absolute Gasteiger partial charge is 0.310 e. The molecule has 0 unspecified atom stereocenters. The van der Waals surface area contributed by atoms with E-state index >= 15 is 0 Å². The molecule has 3 heterocycles. The van der Waals surface area contributed by atoms with Crippen molar-refractivity contribution in [3.05, 3.63) is 233 Å². The van der Waals surface area contributed by atoms with Gasteiger partial charge in [0.05, 0.1) is 33.2 Å². The summed E-state index contributed by atoms with van der Waals surface area (Å²) in [4.78, 5) is 7.61. The molecule has 0 radical (unpaired) electrons. The van der Waals surface area contributed by atoms with Crippen LogP contribution in [-0.2, 0) is 5.41 Å². The van der Waals surface area contributed by atoms with Gasteiger partial charge in [-0.25, -0.2) is 4.98 Å². The second-order valence-corrected chi connectivity index (χ2v) is 15.9. The Morgan fingerprint density at radius 1 is 0.517 bits per heavy atom. The predicted octanol–water partition coefficient (Wildman–Crippen LogP) is 12.9. The SMILES string of the molecule is C=c1/c(=C\C=C/C)n2c3ccccc3nc2c2cc(-c3cccc(-c4ccc5c(c4)-c4ccccc4C54c5ccccc5N(c5ccccc5)c5ccccc54)c3)ccc12. The molecular formula is C57H39N3. The summed E-state index contributed by atoms with van der Waals surface area (Å²) < 4.78 is 2.26. The first-order chi connectivity index (χ1) is 29.6. The summed E-state index contributed by atoms with van der Waals surface area (Å²) in [5.74, 6) is 0. The maximum atomic E-state index is 5.18. The first-order valence-corrected chi connectivity index (χ1v) is 20.7. The number of aromatic nitrogens is 2. The van der Waals surface area contributed by atoms with E-state index in [1.54, 1.807) is 0 Å². The molecule has 2 aromatic heterocycles. The van der Waals surface area contributed by atoms with Gasteiger partial charge in [-0.2, -0.15) is 0 Å². The van der Waals surface area contributed by atoms with Crippen molar-refractivity contribution in [2.24, 2.45) is 0 Å². The molecular weight excluding hydrogens is 727 g/mol. The van der Waals surface area contributed by atoms with Crippen LogP contribution in [0.25, 0.3) is 73.5 Å². The van der Waals surface area contributed by atoms with E-state index < -0.39 is 5.41 Å². The lowest BCUT2D eigenvalue weighted by molar-refractivity contribution is 0.753. The minimum atomic E-state index is -0.476. The van der Waals surface area contributed by atoms with Gasteiger partial charge in [-0.3, -0.25) is 4.40 Å². The van der Waals surface area contributed by atoms with Gasteiger partial charge in [0.15, 0.2) is 0 Å². The van der Waals surface area contributed by atoms with Crippen molar-refractivity contribution in [3.63, 3.8) is 0 Å². The Kier molecular flexibility index (Phi) is 7.51. The molecule has 0 bridgehead atoms. The number of nitrogens with zero attached hydrogens (tertiary/aromatic N) is 3. The molecule has 2 aliphatic rings. The molecule has 0 N–H and O–H groups in total. The summed E-state index contributed by atoms with van der Waals surface area (Å²) in [6.45, 7) is 6.64. The van der Waals surface area contributed by atoms with E-state index in [0.29, 0.717) is 0 Å². The van der Waals surface area contributed by atoms with Crippen LogP contribution < -0.4 is 15.5 Å². The molecule has 3 heteroatoms. The van der Waals surface area contributed by atoms with Crippen LogP contribution in [0.15, 0.2) is 200 Å². The van der Waals surface area contributed by atoms with Crippen LogP contribution in [0.3, 0.4) is 0 Å². The van der Waals surface area contributed by atoms with E-state index in [-0.39, 0.29) is 0 Å². The van der Waals surface area contributed by atoms with Crippen LogP contribution >= 0.6 is 0 Å². The molecule has 3 nitrogen and oxygen atoms in total. The monoisotopic (exact) mass is 765 g/mol. The van der Waals surface area contributed by atoms with Crippen molar-refractivity contribution < 1.29 is 0 Å². The molecule has 0 fully saturated rings. The molecule has 1 spiro atoms. The Labute approximate surface area is 348 Å². The van der Waals surface area contributed by atoms with Gasteiger partial charge in [0.1, 0.15) is 5.65 Å². The zero-order valence-corrected chi connectivity index (χ0v) is 33.2. The third kappa shape index (κ3) is 4.75. The van der Waals surface area contributed by atoms with Gasteiger partial charge >= 0.3 is 0 Å². The van der Waals surface area contributed by atoms with E-state index in [4.69, 9.17) is 4.98 Å². The molecule has 0 saturated carbocycles. The second kappa shape index (κ2) is 13.1. The van der Waals surface area contributed by atoms with Crippen LogP contribution in [0.4, 0.5) is 17.1 Å². The van der Waals surface area contributed by atoms with Gasteiger partial charge in [-0.05, 0) is 134 Å². The fourth-order valence-electron chi connectivity index (χ4n) is 10.3. The van der Waals surface area contributed by atoms with Crippen LogP contribution in [0.2, 0.25) is 0 Å². The van der Waals surface area contributed by atoms with E-state index in [1.165, 1.54) is 55.9 Å². The zero-order valence-electron chi connectivity index (χ0n) is 33.2. The topological polar surface area (TPSA) is 20.5 Å². The lowest BCUT2D eigenvalue weighted by atomic mass is 9.64. The number of para-hydroxylation sites is 5. The van der Waals surface area contributed by atoms with Crippen molar-refractivity contribution in [3.8, 4) is 33.4 Å². The third-order valence-electron chi connectivity index (χ3n) is 12.8. The predicted molar refractivity (Wildman–Crippen MR) is 251 cm³/mol. The van der Waals surface area contributed by atoms with Gasteiger partial charge in [-0.15, -0.1) is 0 Å². The van der Waals surface area contributed by atoms with Gasteiger partial charge < -0.3 is 4.90 Å². The van der Waals surface area contributed by atoms with Crippen molar-refractivity contribution in [1.29, 1.82) is 0 Å². The molecule has 1 aliphatic heterocycles. The molecule has 12 rings (SSSR count). The summed E-state index contributed by atoms with van der Waals surface area (Å²) in [6.07, 6.45) is 6.27. The van der Waals surface area contributed by atoms with Crippen molar-refractivity contribution in [1.82, 2.24) is 9.38 Å². The van der Waals surface area contributed by atoms with E-state index in [9.17, 15) is 0 Å². The summed E-state index contributed by atoms with van der Waals surface area (Å²) in [5.41, 5.74) is 18.5. The summed E-state index contributed by atoms with van der Waals surface area (Å²) in [6, 6.07) is 69.0. The first kappa shape index (κ1) is 34.3. The number of pyridine rings is 1. The van der Waals surface area contributed by atoms with Gasteiger partial charge in [0.2, 0.25) is 0 Å². The first-order valence-electron chi connectivity index (χ1n) is 20.7. The maximum Gasteiger partial charge on any atom is 0.146 e. The highest BCUT2D eigenvalue weighted by atomic mass is 15.2. The summed E-state index contributed by atoms with van der Waals surface area (Å²) in [7, 11) is 0. The Hall–Kier alpha value is -7.75. The average Bonchev–Trinajstić information content (AvgIpc) is 3.84. The highest BCUT2D eigenvalue weighted by molar-refractivity contribution is 6.01. The summed E-state index contributed by atoms with van der Waals surface area (Å²) in [5, 5.41) is 4.24. The number of benzene rings is 8. The molecule has 282 valence electrons. The smallest absolute Gasteiger partial charge is 0.146 e. The number of anilines is 3. The maximum absolute atomic E-state index is 5.18. The molecule has 8 aromatic carbocycles. The van der Waals surface area contributed by atoms with E-state index in [1.807, 2.05) is 6.92 Å². The van der Waals surface area contributed by atoms with Crippen molar-refractivity contribution in [2.75, 3.05) is 4.90 Å². The molecule has 1 aliphatic carbocycles. The number of imidazole rings is 1. The zero-order chi connectivity index (χ0) is 40.0. The lowest BCUT2D eigenvalue weighted by Gasteiger charge is -2.45.